The first-order valence-corrected chi connectivity index (χ1v) is 8.70. The number of cyclic esters (lactones) is 1. The number of non-ortho nitro benzene ring substituents is 1. The molecule has 0 bridgehead atoms. The summed E-state index contributed by atoms with van der Waals surface area (Å²) in [6.45, 7) is 5.16. The first kappa shape index (κ1) is 18.8. The van der Waals surface area contributed by atoms with Gasteiger partial charge in [-0.25, -0.2) is 0 Å². The van der Waals surface area contributed by atoms with Gasteiger partial charge in [0.25, 0.3) is 5.69 Å². The van der Waals surface area contributed by atoms with Crippen LogP contribution in [-0.4, -0.2) is 16.7 Å². The molecular weight excluding hydrogens is 346 g/mol. The minimum atomic E-state index is -1.34. The van der Waals surface area contributed by atoms with E-state index in [0.29, 0.717) is 5.56 Å². The average molecular weight is 367 g/mol. The molecule has 3 rings (SSSR count). The zero-order chi connectivity index (χ0) is 19.8. The standard InChI is InChI=1S/C21H21NO5/c1-20(2)17(15-7-5-4-6-8-15)27-19(24)21(3,18(20)23)13-14-9-11-16(12-10-14)22(25)26/h4-12,17H,13H2,1-3H3/t17-,21-/m1/s1. The molecule has 0 radical (unpaired) electrons. The van der Waals surface area contributed by atoms with E-state index in [-0.39, 0.29) is 17.9 Å². The van der Waals surface area contributed by atoms with Crippen molar-refractivity contribution in [3.05, 3.63) is 75.8 Å². The predicted molar refractivity (Wildman–Crippen MR) is 99.0 cm³/mol. The zero-order valence-electron chi connectivity index (χ0n) is 15.5. The molecule has 140 valence electrons. The van der Waals surface area contributed by atoms with E-state index >= 15 is 0 Å². The number of ketones is 1. The van der Waals surface area contributed by atoms with Gasteiger partial charge in [-0.1, -0.05) is 42.5 Å². The summed E-state index contributed by atoms with van der Waals surface area (Å²) in [4.78, 5) is 36.5. The monoisotopic (exact) mass is 367 g/mol. The second-order valence-electron chi connectivity index (χ2n) is 7.68. The van der Waals surface area contributed by atoms with Crippen molar-refractivity contribution in [2.24, 2.45) is 10.8 Å². The van der Waals surface area contributed by atoms with Gasteiger partial charge in [0.05, 0.1) is 10.3 Å². The fraction of sp³-hybridized carbons (Fsp3) is 0.333. The maximum Gasteiger partial charge on any atom is 0.320 e. The zero-order valence-corrected chi connectivity index (χ0v) is 15.5. The molecule has 1 saturated heterocycles. The van der Waals surface area contributed by atoms with Gasteiger partial charge >= 0.3 is 5.97 Å². The van der Waals surface area contributed by atoms with Gasteiger partial charge in [-0.15, -0.1) is 0 Å². The summed E-state index contributed by atoms with van der Waals surface area (Å²) < 4.78 is 5.74. The summed E-state index contributed by atoms with van der Waals surface area (Å²) in [7, 11) is 0. The molecule has 6 nitrogen and oxygen atoms in total. The molecule has 1 fully saturated rings. The summed E-state index contributed by atoms with van der Waals surface area (Å²) in [5.74, 6) is -0.766. The molecule has 2 atom stereocenters. The largest absolute Gasteiger partial charge is 0.456 e. The molecular formula is C21H21NO5. The third-order valence-electron chi connectivity index (χ3n) is 5.22. The topological polar surface area (TPSA) is 86.5 Å². The molecule has 0 aliphatic carbocycles. The van der Waals surface area contributed by atoms with Gasteiger partial charge in [0, 0.05) is 12.1 Å². The highest BCUT2D eigenvalue weighted by molar-refractivity contribution is 6.08. The Hall–Kier alpha value is -3.02. The highest BCUT2D eigenvalue weighted by Crippen LogP contribution is 2.48. The maximum absolute atomic E-state index is 13.3. The smallest absolute Gasteiger partial charge is 0.320 e. The third kappa shape index (κ3) is 3.23. The molecule has 27 heavy (non-hydrogen) atoms. The van der Waals surface area contributed by atoms with Crippen LogP contribution in [0.1, 0.15) is 38.0 Å². The number of nitrogens with zero attached hydrogens (tertiary/aromatic N) is 1. The van der Waals surface area contributed by atoms with Crippen LogP contribution in [0.3, 0.4) is 0 Å². The number of Topliss-reactive ketones (excluding diaryl/α,β-unsaturated/α-hetero) is 1. The summed E-state index contributed by atoms with van der Waals surface area (Å²) in [5, 5.41) is 10.8. The van der Waals surface area contributed by atoms with Crippen LogP contribution in [0.25, 0.3) is 0 Å². The molecule has 2 aromatic rings. The van der Waals surface area contributed by atoms with Crippen molar-refractivity contribution in [2.75, 3.05) is 0 Å². The van der Waals surface area contributed by atoms with E-state index in [2.05, 4.69) is 0 Å². The molecule has 6 heteroatoms. The lowest BCUT2D eigenvalue weighted by Crippen LogP contribution is -2.54. The minimum Gasteiger partial charge on any atom is -0.456 e. The highest BCUT2D eigenvalue weighted by atomic mass is 16.6. The van der Waals surface area contributed by atoms with Crippen LogP contribution in [0.15, 0.2) is 54.6 Å². The fourth-order valence-electron chi connectivity index (χ4n) is 3.72. The Labute approximate surface area is 157 Å². The van der Waals surface area contributed by atoms with E-state index < -0.39 is 27.8 Å². The van der Waals surface area contributed by atoms with Crippen molar-refractivity contribution in [3.63, 3.8) is 0 Å². The Morgan fingerprint density at radius 1 is 1.00 bits per heavy atom. The first-order valence-electron chi connectivity index (χ1n) is 8.70. The van der Waals surface area contributed by atoms with Crippen LogP contribution in [0.5, 0.6) is 0 Å². The van der Waals surface area contributed by atoms with Crippen LogP contribution in [-0.2, 0) is 20.7 Å². The Morgan fingerprint density at radius 2 is 1.59 bits per heavy atom. The summed E-state index contributed by atoms with van der Waals surface area (Å²) >= 11 is 0. The van der Waals surface area contributed by atoms with Gasteiger partial charge in [-0.05, 0) is 38.3 Å². The number of nitro groups is 1. The van der Waals surface area contributed by atoms with Crippen molar-refractivity contribution in [3.8, 4) is 0 Å². The van der Waals surface area contributed by atoms with Crippen molar-refractivity contribution < 1.29 is 19.2 Å². The van der Waals surface area contributed by atoms with Crippen molar-refractivity contribution >= 4 is 17.4 Å². The molecule has 1 heterocycles. The molecule has 0 spiro atoms. The number of rotatable bonds is 4. The van der Waals surface area contributed by atoms with Crippen LogP contribution >= 0.6 is 0 Å². The summed E-state index contributed by atoms with van der Waals surface area (Å²) in [6.07, 6.45) is -0.517. The quantitative estimate of drug-likeness (QED) is 0.352. The molecule has 0 aromatic heterocycles. The number of esters is 1. The van der Waals surface area contributed by atoms with Gasteiger partial charge in [-0.3, -0.25) is 19.7 Å². The SMILES string of the molecule is CC1(C)C(=O)[C@@](C)(Cc2ccc([N+](=O)[O-])cc2)C(=O)O[C@@H]1c1ccccc1. The Kier molecular flexibility index (Phi) is 4.59. The molecule has 0 amide bonds. The van der Waals surface area contributed by atoms with Crippen LogP contribution < -0.4 is 0 Å². The number of benzene rings is 2. The van der Waals surface area contributed by atoms with Crippen molar-refractivity contribution in [2.45, 2.75) is 33.3 Å². The van der Waals surface area contributed by atoms with E-state index in [1.165, 1.54) is 12.1 Å². The lowest BCUT2D eigenvalue weighted by atomic mass is 9.64. The van der Waals surface area contributed by atoms with Crippen molar-refractivity contribution in [1.82, 2.24) is 0 Å². The van der Waals surface area contributed by atoms with Crippen LogP contribution in [0.2, 0.25) is 0 Å². The minimum absolute atomic E-state index is 0.0362. The first-order chi connectivity index (χ1) is 12.7. The molecule has 2 aromatic carbocycles. The summed E-state index contributed by atoms with van der Waals surface area (Å²) in [5.41, 5.74) is -0.828. The van der Waals surface area contributed by atoms with Gasteiger partial charge < -0.3 is 4.74 Å². The van der Waals surface area contributed by atoms with Gasteiger partial charge in [0.2, 0.25) is 0 Å². The Bertz CT molecular complexity index is 889. The number of hydrogen-bond donors (Lipinski definition) is 0. The molecule has 0 saturated carbocycles. The van der Waals surface area contributed by atoms with E-state index in [0.717, 1.165) is 5.56 Å². The van der Waals surface area contributed by atoms with E-state index in [9.17, 15) is 19.7 Å². The van der Waals surface area contributed by atoms with E-state index in [1.807, 2.05) is 30.3 Å². The molecule has 0 unspecified atom stereocenters. The van der Waals surface area contributed by atoms with Crippen molar-refractivity contribution in [1.29, 1.82) is 0 Å². The lowest BCUT2D eigenvalue weighted by molar-refractivity contribution is -0.384. The fourth-order valence-corrected chi connectivity index (χ4v) is 3.72. The Morgan fingerprint density at radius 3 is 2.15 bits per heavy atom. The second kappa shape index (κ2) is 6.61. The lowest BCUT2D eigenvalue weighted by Gasteiger charge is -2.44. The molecule has 0 N–H and O–H groups in total. The second-order valence-corrected chi connectivity index (χ2v) is 7.68. The van der Waals surface area contributed by atoms with Gasteiger partial charge in [-0.2, -0.15) is 0 Å². The third-order valence-corrected chi connectivity index (χ3v) is 5.22. The number of carbonyl (C=O) groups excluding carboxylic acids is 2. The normalized spacial score (nSPS) is 24.3. The number of carbonyl (C=O) groups is 2. The number of nitro benzene ring substituents is 1. The van der Waals surface area contributed by atoms with E-state index in [1.54, 1.807) is 32.9 Å². The van der Waals surface area contributed by atoms with Gasteiger partial charge in [0.15, 0.2) is 5.78 Å². The van der Waals surface area contributed by atoms with Crippen LogP contribution in [0.4, 0.5) is 5.69 Å². The highest BCUT2D eigenvalue weighted by Gasteiger charge is 2.57. The molecule has 1 aliphatic rings. The predicted octanol–water partition coefficient (Wildman–Crippen LogP) is 4.04. The Balaban J connectivity index is 1.91. The molecule has 1 aliphatic heterocycles. The van der Waals surface area contributed by atoms with E-state index in [4.69, 9.17) is 4.74 Å². The number of hydrogen-bond acceptors (Lipinski definition) is 5. The number of ether oxygens (including phenoxy) is 1. The average Bonchev–Trinajstić information content (AvgIpc) is 2.65. The van der Waals surface area contributed by atoms with Crippen LogP contribution in [0, 0.1) is 20.9 Å². The summed E-state index contributed by atoms with van der Waals surface area (Å²) in [6, 6.07) is 15.1. The van der Waals surface area contributed by atoms with Gasteiger partial charge in [0.1, 0.15) is 11.5 Å². The maximum atomic E-state index is 13.3.